The van der Waals surface area contributed by atoms with Crippen LogP contribution in [0.3, 0.4) is 0 Å². The molecule has 1 atom stereocenters. The molecule has 0 radical (unpaired) electrons. The second kappa shape index (κ2) is 10.9. The van der Waals surface area contributed by atoms with Crippen LogP contribution in [0.2, 0.25) is 0 Å². The smallest absolute Gasteiger partial charge is 0.191 e. The number of piperazine rings is 1. The molecule has 1 aromatic carbocycles. The van der Waals surface area contributed by atoms with Gasteiger partial charge in [-0.1, -0.05) is 12.1 Å². The number of halogens is 1. The van der Waals surface area contributed by atoms with E-state index in [9.17, 15) is 4.39 Å². The van der Waals surface area contributed by atoms with E-state index in [0.29, 0.717) is 12.1 Å². The first-order valence-corrected chi connectivity index (χ1v) is 10.9. The van der Waals surface area contributed by atoms with Crippen molar-refractivity contribution in [3.63, 3.8) is 0 Å². The summed E-state index contributed by atoms with van der Waals surface area (Å²) >= 11 is 0. The van der Waals surface area contributed by atoms with Crippen LogP contribution in [0.15, 0.2) is 29.3 Å². The molecule has 2 fully saturated rings. The summed E-state index contributed by atoms with van der Waals surface area (Å²) in [5.74, 6) is 0.768. The van der Waals surface area contributed by atoms with E-state index in [0.717, 1.165) is 71.2 Å². The Labute approximate surface area is 175 Å². The van der Waals surface area contributed by atoms with Gasteiger partial charge < -0.3 is 15.5 Å². The van der Waals surface area contributed by atoms with Crippen molar-refractivity contribution >= 4 is 5.96 Å². The van der Waals surface area contributed by atoms with Gasteiger partial charge in [0.25, 0.3) is 0 Å². The van der Waals surface area contributed by atoms with Crippen molar-refractivity contribution in [3.8, 4) is 0 Å². The average molecular weight is 405 g/mol. The predicted molar refractivity (Wildman–Crippen MR) is 118 cm³/mol. The van der Waals surface area contributed by atoms with Crippen LogP contribution in [0.4, 0.5) is 4.39 Å². The van der Waals surface area contributed by atoms with Crippen LogP contribution >= 0.6 is 0 Å². The van der Waals surface area contributed by atoms with Crippen molar-refractivity contribution < 1.29 is 4.39 Å². The number of guanidine groups is 1. The number of nitrogens with zero attached hydrogens (tertiary/aromatic N) is 4. The van der Waals surface area contributed by atoms with Crippen molar-refractivity contribution in [2.75, 3.05) is 59.9 Å². The summed E-state index contributed by atoms with van der Waals surface area (Å²) in [4.78, 5) is 12.1. The van der Waals surface area contributed by atoms with E-state index in [-0.39, 0.29) is 5.82 Å². The Morgan fingerprint density at radius 3 is 2.52 bits per heavy atom. The molecule has 6 nitrogen and oxygen atoms in total. The van der Waals surface area contributed by atoms with E-state index >= 15 is 0 Å². The summed E-state index contributed by atoms with van der Waals surface area (Å²) in [6, 6.07) is 7.78. The van der Waals surface area contributed by atoms with E-state index in [4.69, 9.17) is 4.99 Å². The van der Waals surface area contributed by atoms with Crippen molar-refractivity contribution in [2.45, 2.75) is 38.4 Å². The van der Waals surface area contributed by atoms with Gasteiger partial charge in [-0.3, -0.25) is 14.8 Å². The van der Waals surface area contributed by atoms with Crippen LogP contribution in [0.1, 0.15) is 25.3 Å². The quantitative estimate of drug-likeness (QED) is 0.557. The molecule has 0 spiro atoms. The summed E-state index contributed by atoms with van der Waals surface area (Å²) in [7, 11) is 4.39. The molecule has 3 rings (SSSR count). The fourth-order valence-corrected chi connectivity index (χ4v) is 4.09. The molecule has 2 aliphatic rings. The highest BCUT2D eigenvalue weighted by atomic mass is 19.1. The fourth-order valence-electron chi connectivity index (χ4n) is 4.09. The molecule has 0 amide bonds. The van der Waals surface area contributed by atoms with Crippen molar-refractivity contribution in [1.82, 2.24) is 25.3 Å². The zero-order valence-electron chi connectivity index (χ0n) is 18.2. The second-order valence-corrected chi connectivity index (χ2v) is 8.44. The molecule has 29 heavy (non-hydrogen) atoms. The molecule has 1 aromatic rings. The molecule has 2 aliphatic heterocycles. The van der Waals surface area contributed by atoms with E-state index in [1.54, 1.807) is 12.1 Å². The first kappa shape index (κ1) is 22.0. The SMILES string of the molecule is CCNC(=NCC1CN(C)CCN1C)NC1CCN(Cc2ccc(F)cc2)CC1. The van der Waals surface area contributed by atoms with Crippen molar-refractivity contribution in [1.29, 1.82) is 0 Å². The highest BCUT2D eigenvalue weighted by Gasteiger charge is 2.23. The summed E-state index contributed by atoms with van der Waals surface area (Å²) in [5.41, 5.74) is 1.18. The van der Waals surface area contributed by atoms with Crippen molar-refractivity contribution in [3.05, 3.63) is 35.6 Å². The molecule has 162 valence electrons. The Morgan fingerprint density at radius 1 is 1.10 bits per heavy atom. The van der Waals surface area contributed by atoms with E-state index < -0.39 is 0 Å². The molecule has 2 saturated heterocycles. The molecule has 0 saturated carbocycles. The fraction of sp³-hybridized carbons (Fsp3) is 0.682. The molecule has 1 unspecified atom stereocenters. The third kappa shape index (κ3) is 6.94. The number of aliphatic imine (C=N–C) groups is 1. The van der Waals surface area contributed by atoms with Gasteiger partial charge in [-0.2, -0.15) is 0 Å². The van der Waals surface area contributed by atoms with Crippen LogP contribution in [-0.4, -0.2) is 92.7 Å². The summed E-state index contributed by atoms with van der Waals surface area (Å²) in [5, 5.41) is 7.05. The zero-order valence-corrected chi connectivity index (χ0v) is 18.2. The monoisotopic (exact) mass is 404 g/mol. The summed E-state index contributed by atoms with van der Waals surface area (Å²) in [6.07, 6.45) is 2.19. The molecule has 2 N–H and O–H groups in total. The maximum absolute atomic E-state index is 13.1. The maximum Gasteiger partial charge on any atom is 0.191 e. The number of likely N-dealkylation sites (tertiary alicyclic amines) is 1. The number of rotatable bonds is 6. The van der Waals surface area contributed by atoms with Crippen LogP contribution in [0.25, 0.3) is 0 Å². The number of piperidine rings is 1. The second-order valence-electron chi connectivity index (χ2n) is 8.44. The number of nitrogens with one attached hydrogen (secondary N) is 2. The average Bonchev–Trinajstić information content (AvgIpc) is 2.72. The van der Waals surface area contributed by atoms with Gasteiger partial charge in [-0.15, -0.1) is 0 Å². The van der Waals surface area contributed by atoms with Crippen molar-refractivity contribution in [2.24, 2.45) is 4.99 Å². The first-order valence-electron chi connectivity index (χ1n) is 10.9. The number of hydrogen-bond donors (Lipinski definition) is 2. The summed E-state index contributed by atoms with van der Waals surface area (Å²) < 4.78 is 13.1. The third-order valence-corrected chi connectivity index (χ3v) is 6.03. The van der Waals surface area contributed by atoms with E-state index in [1.165, 1.54) is 5.56 Å². The van der Waals surface area contributed by atoms with Gasteiger partial charge in [0.05, 0.1) is 6.54 Å². The number of hydrogen-bond acceptors (Lipinski definition) is 4. The molecule has 0 aromatic heterocycles. The lowest BCUT2D eigenvalue weighted by Gasteiger charge is -2.37. The van der Waals surface area contributed by atoms with Gasteiger partial charge in [0, 0.05) is 57.9 Å². The highest BCUT2D eigenvalue weighted by Crippen LogP contribution is 2.14. The Hall–Kier alpha value is -1.70. The lowest BCUT2D eigenvalue weighted by atomic mass is 10.0. The van der Waals surface area contributed by atoms with Crippen LogP contribution < -0.4 is 10.6 Å². The first-order chi connectivity index (χ1) is 14.0. The standard InChI is InChI=1S/C22H37FN6/c1-4-24-22(25-15-21-17-27(2)13-14-28(21)3)26-20-9-11-29(12-10-20)16-18-5-7-19(23)8-6-18/h5-8,20-21H,4,9-17H2,1-3H3,(H2,24,25,26). The number of likely N-dealkylation sites (N-methyl/N-ethyl adjacent to an activating group) is 2. The van der Waals surface area contributed by atoms with Gasteiger partial charge in [-0.25, -0.2) is 4.39 Å². The van der Waals surface area contributed by atoms with E-state index in [2.05, 4.69) is 46.4 Å². The Morgan fingerprint density at radius 2 is 1.83 bits per heavy atom. The minimum Gasteiger partial charge on any atom is -0.357 e. The molecule has 0 aliphatic carbocycles. The van der Waals surface area contributed by atoms with Gasteiger partial charge in [0.1, 0.15) is 5.82 Å². The van der Waals surface area contributed by atoms with Gasteiger partial charge in [-0.05, 0) is 51.6 Å². The van der Waals surface area contributed by atoms with Crippen LogP contribution in [-0.2, 0) is 6.54 Å². The lowest BCUT2D eigenvalue weighted by Crippen LogP contribution is -2.52. The Balaban J connectivity index is 1.46. The zero-order chi connectivity index (χ0) is 20.6. The highest BCUT2D eigenvalue weighted by molar-refractivity contribution is 5.80. The lowest BCUT2D eigenvalue weighted by molar-refractivity contribution is 0.119. The minimum absolute atomic E-state index is 0.169. The molecular formula is C22H37FN6. The topological polar surface area (TPSA) is 46.1 Å². The van der Waals surface area contributed by atoms with Gasteiger partial charge >= 0.3 is 0 Å². The van der Waals surface area contributed by atoms with E-state index in [1.807, 2.05) is 12.1 Å². The normalized spacial score (nSPS) is 23.3. The van der Waals surface area contributed by atoms with Gasteiger partial charge in [0.15, 0.2) is 5.96 Å². The Bertz CT molecular complexity index is 641. The minimum atomic E-state index is -0.169. The van der Waals surface area contributed by atoms with Crippen LogP contribution in [0, 0.1) is 5.82 Å². The molecular weight excluding hydrogens is 367 g/mol. The number of benzene rings is 1. The predicted octanol–water partition coefficient (Wildman–Crippen LogP) is 1.59. The van der Waals surface area contributed by atoms with Gasteiger partial charge in [0.2, 0.25) is 0 Å². The summed E-state index contributed by atoms with van der Waals surface area (Å²) in [6.45, 7) is 10.1. The third-order valence-electron chi connectivity index (χ3n) is 6.03. The van der Waals surface area contributed by atoms with Crippen LogP contribution in [0.5, 0.6) is 0 Å². The molecule has 7 heteroatoms. The Kier molecular flexibility index (Phi) is 8.27. The molecule has 0 bridgehead atoms. The largest absolute Gasteiger partial charge is 0.357 e. The molecule has 2 heterocycles. The maximum atomic E-state index is 13.1.